The van der Waals surface area contributed by atoms with E-state index in [1.165, 1.54) is 56.1 Å². The van der Waals surface area contributed by atoms with Crippen LogP contribution in [-0.4, -0.2) is 42.4 Å². The second kappa shape index (κ2) is 7.50. The molecule has 0 amide bonds. The summed E-state index contributed by atoms with van der Waals surface area (Å²) in [4.78, 5) is 2.37. The molecule has 4 aliphatic carbocycles. The molecular weight excluding hydrogens is 334 g/mol. The molecule has 4 bridgehead atoms. The van der Waals surface area contributed by atoms with Crippen molar-refractivity contribution in [1.82, 2.24) is 4.90 Å². The second-order valence-electron chi connectivity index (χ2n) is 10.2. The molecule has 0 saturated heterocycles. The summed E-state index contributed by atoms with van der Waals surface area (Å²) in [6.45, 7) is 4.06. The maximum atomic E-state index is 10.4. The molecule has 1 aromatic carbocycles. The van der Waals surface area contributed by atoms with Crippen LogP contribution in [0.15, 0.2) is 24.3 Å². The average molecular weight is 370 g/mol. The van der Waals surface area contributed by atoms with Crippen molar-refractivity contribution in [2.24, 2.45) is 23.2 Å². The summed E-state index contributed by atoms with van der Waals surface area (Å²) >= 11 is 0. The van der Waals surface area contributed by atoms with Gasteiger partial charge < -0.3 is 9.84 Å². The zero-order chi connectivity index (χ0) is 18.3. The van der Waals surface area contributed by atoms with E-state index in [0.717, 1.165) is 50.4 Å². The standard InChI is InChI=1S/C24H35NO2/c26-23(16-25-7-5-21-3-1-2-4-22(21)15-25)17-27-8-6-24-12-18-9-19(13-24)11-20(10-18)14-24/h1-4,18-20,23,26H,5-17H2/t18?,19?,20?,23-,24?/m1/s1. The fraction of sp³-hybridized carbons (Fsp3) is 0.750. The lowest BCUT2D eigenvalue weighted by Crippen LogP contribution is -2.46. The first-order valence-electron chi connectivity index (χ1n) is 11.2. The van der Waals surface area contributed by atoms with E-state index in [4.69, 9.17) is 4.74 Å². The van der Waals surface area contributed by atoms with Gasteiger partial charge in [-0.3, -0.25) is 4.90 Å². The molecule has 0 spiro atoms. The van der Waals surface area contributed by atoms with Crippen LogP contribution in [0.25, 0.3) is 0 Å². The Labute approximate surface area is 164 Å². The van der Waals surface area contributed by atoms with Crippen LogP contribution in [0.2, 0.25) is 0 Å². The maximum Gasteiger partial charge on any atom is 0.0900 e. The van der Waals surface area contributed by atoms with E-state index in [0.29, 0.717) is 12.0 Å². The summed E-state index contributed by atoms with van der Waals surface area (Å²) < 4.78 is 5.97. The molecule has 148 valence electrons. The highest BCUT2D eigenvalue weighted by Crippen LogP contribution is 2.61. The predicted molar refractivity (Wildman–Crippen MR) is 107 cm³/mol. The van der Waals surface area contributed by atoms with Crippen molar-refractivity contribution in [3.63, 3.8) is 0 Å². The number of hydrogen-bond acceptors (Lipinski definition) is 3. The molecule has 0 unspecified atom stereocenters. The highest BCUT2D eigenvalue weighted by molar-refractivity contribution is 5.29. The van der Waals surface area contributed by atoms with Crippen LogP contribution < -0.4 is 0 Å². The minimum Gasteiger partial charge on any atom is -0.389 e. The number of rotatable bonds is 7. The Kier molecular flexibility index (Phi) is 5.04. The number of fused-ring (bicyclic) bond motifs is 1. The van der Waals surface area contributed by atoms with Crippen molar-refractivity contribution in [3.05, 3.63) is 35.4 Å². The molecule has 4 fully saturated rings. The molecule has 3 heteroatoms. The van der Waals surface area contributed by atoms with Crippen LogP contribution >= 0.6 is 0 Å². The van der Waals surface area contributed by atoms with Gasteiger partial charge in [-0.2, -0.15) is 0 Å². The van der Waals surface area contributed by atoms with Gasteiger partial charge in [0.25, 0.3) is 0 Å². The summed E-state index contributed by atoms with van der Waals surface area (Å²) in [6, 6.07) is 8.69. The Morgan fingerprint density at radius 3 is 2.41 bits per heavy atom. The fourth-order valence-corrected chi connectivity index (χ4v) is 7.16. The topological polar surface area (TPSA) is 32.7 Å². The van der Waals surface area contributed by atoms with Crippen LogP contribution in [-0.2, 0) is 17.7 Å². The number of nitrogens with zero attached hydrogens (tertiary/aromatic N) is 1. The third-order valence-electron chi connectivity index (χ3n) is 7.93. The maximum absolute atomic E-state index is 10.4. The number of β-amino-alcohol motifs (C(OH)–C–C–N with tert-alkyl or cyclic N) is 1. The molecule has 1 heterocycles. The van der Waals surface area contributed by atoms with Crippen molar-refractivity contribution < 1.29 is 9.84 Å². The highest BCUT2D eigenvalue weighted by Gasteiger charge is 2.50. The minimum atomic E-state index is -0.369. The monoisotopic (exact) mass is 369 g/mol. The van der Waals surface area contributed by atoms with Gasteiger partial charge in [0.15, 0.2) is 0 Å². The van der Waals surface area contributed by atoms with E-state index < -0.39 is 0 Å². The number of aliphatic hydroxyl groups is 1. The Morgan fingerprint density at radius 1 is 1.04 bits per heavy atom. The summed E-state index contributed by atoms with van der Waals surface area (Å²) in [6.07, 6.45) is 10.9. The molecule has 5 aliphatic rings. The molecule has 0 radical (unpaired) electrons. The molecule has 1 atom stereocenters. The Morgan fingerprint density at radius 2 is 1.70 bits per heavy atom. The third kappa shape index (κ3) is 3.97. The first-order chi connectivity index (χ1) is 13.2. The lowest BCUT2D eigenvalue weighted by molar-refractivity contribution is -0.0742. The van der Waals surface area contributed by atoms with E-state index >= 15 is 0 Å². The Balaban J connectivity index is 1.04. The van der Waals surface area contributed by atoms with Crippen molar-refractivity contribution >= 4 is 0 Å². The van der Waals surface area contributed by atoms with E-state index in [2.05, 4.69) is 29.2 Å². The fourth-order valence-electron chi connectivity index (χ4n) is 7.16. The van der Waals surface area contributed by atoms with Gasteiger partial charge in [0, 0.05) is 26.2 Å². The van der Waals surface area contributed by atoms with Crippen molar-refractivity contribution in [2.45, 2.75) is 64.0 Å². The van der Waals surface area contributed by atoms with Crippen molar-refractivity contribution in [3.8, 4) is 0 Å². The zero-order valence-electron chi connectivity index (χ0n) is 16.6. The van der Waals surface area contributed by atoms with Crippen molar-refractivity contribution in [1.29, 1.82) is 0 Å². The molecule has 1 aliphatic heterocycles. The molecule has 1 aromatic rings. The van der Waals surface area contributed by atoms with E-state index in [-0.39, 0.29) is 6.10 Å². The van der Waals surface area contributed by atoms with Gasteiger partial charge in [0.1, 0.15) is 0 Å². The normalized spacial score (nSPS) is 36.0. The largest absolute Gasteiger partial charge is 0.389 e. The predicted octanol–water partition coefficient (Wildman–Crippen LogP) is 4.03. The second-order valence-corrected chi connectivity index (χ2v) is 10.2. The first-order valence-corrected chi connectivity index (χ1v) is 11.2. The third-order valence-corrected chi connectivity index (χ3v) is 7.93. The van der Waals surface area contributed by atoms with Gasteiger partial charge in [-0.25, -0.2) is 0 Å². The first kappa shape index (κ1) is 18.1. The summed E-state index contributed by atoms with van der Waals surface area (Å²) in [7, 11) is 0. The molecule has 4 saturated carbocycles. The van der Waals surface area contributed by atoms with Crippen LogP contribution in [0.3, 0.4) is 0 Å². The summed E-state index contributed by atoms with van der Waals surface area (Å²) in [5.41, 5.74) is 3.48. The highest BCUT2D eigenvalue weighted by atomic mass is 16.5. The van der Waals surface area contributed by atoms with Crippen LogP contribution in [0.1, 0.15) is 56.1 Å². The zero-order valence-corrected chi connectivity index (χ0v) is 16.6. The number of ether oxygens (including phenoxy) is 1. The van der Waals surface area contributed by atoms with Gasteiger partial charge in [0.05, 0.1) is 12.7 Å². The molecular formula is C24H35NO2. The van der Waals surface area contributed by atoms with Gasteiger partial charge in [0.2, 0.25) is 0 Å². The van der Waals surface area contributed by atoms with Gasteiger partial charge in [-0.05, 0) is 85.7 Å². The van der Waals surface area contributed by atoms with Gasteiger partial charge in [-0.15, -0.1) is 0 Å². The smallest absolute Gasteiger partial charge is 0.0900 e. The van der Waals surface area contributed by atoms with Crippen molar-refractivity contribution in [2.75, 3.05) is 26.3 Å². The molecule has 1 N–H and O–H groups in total. The minimum absolute atomic E-state index is 0.369. The average Bonchev–Trinajstić information content (AvgIpc) is 2.64. The van der Waals surface area contributed by atoms with Gasteiger partial charge in [-0.1, -0.05) is 24.3 Å². The van der Waals surface area contributed by atoms with Crippen LogP contribution in [0.4, 0.5) is 0 Å². The van der Waals surface area contributed by atoms with Crippen LogP contribution in [0.5, 0.6) is 0 Å². The van der Waals surface area contributed by atoms with Crippen LogP contribution in [0, 0.1) is 23.2 Å². The SMILES string of the molecule is O[C@@H](COCCC12CC3CC(CC(C3)C1)C2)CN1CCc2ccccc2C1. The molecule has 3 nitrogen and oxygen atoms in total. The Bertz CT molecular complexity index is 622. The van der Waals surface area contributed by atoms with E-state index in [9.17, 15) is 5.11 Å². The van der Waals surface area contributed by atoms with E-state index in [1.807, 2.05) is 0 Å². The lowest BCUT2D eigenvalue weighted by atomic mass is 9.49. The number of benzene rings is 1. The summed E-state index contributed by atoms with van der Waals surface area (Å²) in [5.74, 6) is 3.05. The molecule has 27 heavy (non-hydrogen) atoms. The van der Waals surface area contributed by atoms with Gasteiger partial charge >= 0.3 is 0 Å². The summed E-state index contributed by atoms with van der Waals surface area (Å²) in [5, 5.41) is 10.4. The Hall–Kier alpha value is -0.900. The quantitative estimate of drug-likeness (QED) is 0.737. The van der Waals surface area contributed by atoms with E-state index in [1.54, 1.807) is 0 Å². The molecule has 0 aromatic heterocycles. The number of hydrogen-bond donors (Lipinski definition) is 1. The lowest BCUT2D eigenvalue weighted by Gasteiger charge is -2.57. The molecule has 6 rings (SSSR count). The number of aliphatic hydroxyl groups excluding tert-OH is 1.